The Labute approximate surface area is 110 Å². The van der Waals surface area contributed by atoms with Gasteiger partial charge in [0.05, 0.1) is 0 Å². The van der Waals surface area contributed by atoms with Gasteiger partial charge in [-0.15, -0.1) is 0 Å². The zero-order valence-corrected chi connectivity index (χ0v) is 11.5. The highest BCUT2D eigenvalue weighted by atomic mass is 79.9. The molecule has 88 valence electrons. The molecule has 2 nitrogen and oxygen atoms in total. The fourth-order valence-electron chi connectivity index (χ4n) is 1.58. The molecule has 0 radical (unpaired) electrons. The van der Waals surface area contributed by atoms with Crippen LogP contribution >= 0.6 is 15.9 Å². The molecule has 0 saturated heterocycles. The Balaban J connectivity index is 2.25. The fourth-order valence-corrected chi connectivity index (χ4v) is 2.02. The van der Waals surface area contributed by atoms with Crippen LogP contribution < -0.4 is 4.74 Å². The van der Waals surface area contributed by atoms with Crippen LogP contribution in [0.4, 0.5) is 0 Å². The lowest BCUT2D eigenvalue weighted by atomic mass is 10.2. The van der Waals surface area contributed by atoms with Crippen LogP contribution in [0.1, 0.15) is 18.1 Å². The van der Waals surface area contributed by atoms with Crippen molar-refractivity contribution >= 4 is 15.9 Å². The highest BCUT2D eigenvalue weighted by Crippen LogP contribution is 2.25. The quantitative estimate of drug-likeness (QED) is 0.830. The maximum Gasteiger partial charge on any atom is 0.222 e. The molecule has 17 heavy (non-hydrogen) atoms. The van der Waals surface area contributed by atoms with Gasteiger partial charge in [-0.3, -0.25) is 0 Å². The molecule has 0 bridgehead atoms. The smallest absolute Gasteiger partial charge is 0.222 e. The third-order valence-corrected chi connectivity index (χ3v) is 2.95. The van der Waals surface area contributed by atoms with E-state index in [4.69, 9.17) is 4.74 Å². The summed E-state index contributed by atoms with van der Waals surface area (Å²) in [5.41, 5.74) is 2.28. The average molecular weight is 292 g/mol. The average Bonchev–Trinajstić information content (AvgIpc) is 2.33. The van der Waals surface area contributed by atoms with Crippen LogP contribution in [-0.4, -0.2) is 4.98 Å². The van der Waals surface area contributed by atoms with Gasteiger partial charge >= 0.3 is 0 Å². The summed E-state index contributed by atoms with van der Waals surface area (Å²) < 4.78 is 6.74. The maximum absolute atomic E-state index is 5.77. The van der Waals surface area contributed by atoms with Crippen LogP contribution in [0.15, 0.2) is 41.0 Å². The van der Waals surface area contributed by atoms with E-state index in [0.717, 1.165) is 22.2 Å². The first-order valence-corrected chi connectivity index (χ1v) is 6.37. The van der Waals surface area contributed by atoms with Gasteiger partial charge in [0.15, 0.2) is 0 Å². The van der Waals surface area contributed by atoms with E-state index in [1.54, 1.807) is 6.20 Å². The standard InChI is InChI=1S/C14H14BrNO/c1-3-11-5-4-6-13(8-11)17-14-10(2)7-12(15)9-16-14/h4-9H,3H2,1-2H3. The molecule has 2 aromatic rings. The monoisotopic (exact) mass is 291 g/mol. The van der Waals surface area contributed by atoms with Gasteiger partial charge in [-0.2, -0.15) is 0 Å². The molecule has 0 spiro atoms. The van der Waals surface area contributed by atoms with Crippen molar-refractivity contribution in [1.29, 1.82) is 0 Å². The summed E-state index contributed by atoms with van der Waals surface area (Å²) in [5.74, 6) is 1.49. The van der Waals surface area contributed by atoms with Crippen molar-refractivity contribution in [3.8, 4) is 11.6 Å². The number of aromatic nitrogens is 1. The van der Waals surface area contributed by atoms with Gasteiger partial charge in [0.2, 0.25) is 5.88 Å². The maximum atomic E-state index is 5.77. The van der Waals surface area contributed by atoms with E-state index in [-0.39, 0.29) is 0 Å². The lowest BCUT2D eigenvalue weighted by Crippen LogP contribution is -1.92. The third-order valence-electron chi connectivity index (χ3n) is 2.52. The molecule has 2 rings (SSSR count). The van der Waals surface area contributed by atoms with Crippen LogP contribution in [0.5, 0.6) is 11.6 Å². The number of ether oxygens (including phenoxy) is 1. The molecule has 0 unspecified atom stereocenters. The first-order valence-electron chi connectivity index (χ1n) is 5.58. The molecule has 0 atom stereocenters. The first-order chi connectivity index (χ1) is 8.19. The first kappa shape index (κ1) is 12.1. The molecule has 0 aliphatic carbocycles. The second-order valence-electron chi connectivity index (χ2n) is 3.88. The molecule has 1 aromatic carbocycles. The van der Waals surface area contributed by atoms with Crippen molar-refractivity contribution in [3.63, 3.8) is 0 Å². The minimum Gasteiger partial charge on any atom is -0.439 e. The van der Waals surface area contributed by atoms with Crippen molar-refractivity contribution in [1.82, 2.24) is 4.98 Å². The van der Waals surface area contributed by atoms with E-state index >= 15 is 0 Å². The summed E-state index contributed by atoms with van der Waals surface area (Å²) in [5, 5.41) is 0. The second kappa shape index (κ2) is 5.32. The van der Waals surface area contributed by atoms with Gasteiger partial charge in [0.25, 0.3) is 0 Å². The minimum atomic E-state index is 0.654. The fraction of sp³-hybridized carbons (Fsp3) is 0.214. The Bertz CT molecular complexity index is 525. The molecule has 1 aromatic heterocycles. The number of hydrogen-bond acceptors (Lipinski definition) is 2. The number of pyridine rings is 1. The Kier molecular flexibility index (Phi) is 3.79. The number of aryl methyl sites for hydroxylation is 2. The minimum absolute atomic E-state index is 0.654. The van der Waals surface area contributed by atoms with Crippen LogP contribution in [-0.2, 0) is 6.42 Å². The lowest BCUT2D eigenvalue weighted by Gasteiger charge is -2.08. The summed E-state index contributed by atoms with van der Waals surface area (Å²) in [6.45, 7) is 4.11. The van der Waals surface area contributed by atoms with Gasteiger partial charge in [-0.25, -0.2) is 4.98 Å². The zero-order valence-electron chi connectivity index (χ0n) is 9.90. The summed E-state index contributed by atoms with van der Waals surface area (Å²) in [6, 6.07) is 10.1. The van der Waals surface area contributed by atoms with Crippen molar-refractivity contribution in [2.24, 2.45) is 0 Å². The SMILES string of the molecule is CCc1cccc(Oc2ncc(Br)cc2C)c1. The van der Waals surface area contributed by atoms with E-state index in [1.807, 2.05) is 31.2 Å². The Morgan fingerprint density at radius 2 is 2.12 bits per heavy atom. The third kappa shape index (κ3) is 3.07. The van der Waals surface area contributed by atoms with Crippen LogP contribution in [0.3, 0.4) is 0 Å². The Morgan fingerprint density at radius 3 is 2.82 bits per heavy atom. The molecule has 3 heteroatoms. The molecular formula is C14H14BrNO. The van der Waals surface area contributed by atoms with Gasteiger partial charge in [-0.05, 0) is 53.0 Å². The van der Waals surface area contributed by atoms with Crippen molar-refractivity contribution in [2.75, 3.05) is 0 Å². The lowest BCUT2D eigenvalue weighted by molar-refractivity contribution is 0.458. The predicted molar refractivity (Wildman–Crippen MR) is 72.6 cm³/mol. The number of nitrogens with zero attached hydrogens (tertiary/aromatic N) is 1. The molecule has 0 saturated carbocycles. The van der Waals surface area contributed by atoms with Crippen molar-refractivity contribution < 1.29 is 4.74 Å². The Hall–Kier alpha value is -1.35. The van der Waals surface area contributed by atoms with Crippen molar-refractivity contribution in [3.05, 3.63) is 52.1 Å². The van der Waals surface area contributed by atoms with Crippen LogP contribution in [0.25, 0.3) is 0 Å². The van der Waals surface area contributed by atoms with E-state index < -0.39 is 0 Å². The van der Waals surface area contributed by atoms with E-state index in [2.05, 4.69) is 33.9 Å². The van der Waals surface area contributed by atoms with Crippen molar-refractivity contribution in [2.45, 2.75) is 20.3 Å². The van der Waals surface area contributed by atoms with E-state index in [1.165, 1.54) is 5.56 Å². The molecule has 0 amide bonds. The Morgan fingerprint density at radius 1 is 1.29 bits per heavy atom. The summed E-state index contributed by atoms with van der Waals surface area (Å²) in [4.78, 5) is 4.26. The number of benzene rings is 1. The number of hydrogen-bond donors (Lipinski definition) is 0. The predicted octanol–water partition coefficient (Wildman–Crippen LogP) is 4.51. The van der Waals surface area contributed by atoms with Gasteiger partial charge in [-0.1, -0.05) is 19.1 Å². The largest absolute Gasteiger partial charge is 0.439 e. The number of rotatable bonds is 3. The molecular weight excluding hydrogens is 278 g/mol. The summed E-state index contributed by atoms with van der Waals surface area (Å²) >= 11 is 3.39. The van der Waals surface area contributed by atoms with Crippen LogP contribution in [0, 0.1) is 6.92 Å². The van der Waals surface area contributed by atoms with Gasteiger partial charge < -0.3 is 4.74 Å². The number of halogens is 1. The molecule has 0 N–H and O–H groups in total. The summed E-state index contributed by atoms with van der Waals surface area (Å²) in [6.07, 6.45) is 2.75. The summed E-state index contributed by atoms with van der Waals surface area (Å²) in [7, 11) is 0. The molecule has 1 heterocycles. The normalized spacial score (nSPS) is 10.3. The van der Waals surface area contributed by atoms with Gasteiger partial charge in [0, 0.05) is 16.2 Å². The second-order valence-corrected chi connectivity index (χ2v) is 4.79. The zero-order chi connectivity index (χ0) is 12.3. The van der Waals surface area contributed by atoms with Gasteiger partial charge in [0.1, 0.15) is 5.75 Å². The van der Waals surface area contributed by atoms with Crippen LogP contribution in [0.2, 0.25) is 0 Å². The molecule has 0 aliphatic rings. The molecule has 0 aliphatic heterocycles. The van der Waals surface area contributed by atoms with E-state index in [0.29, 0.717) is 5.88 Å². The topological polar surface area (TPSA) is 22.1 Å². The molecule has 0 fully saturated rings. The van der Waals surface area contributed by atoms with E-state index in [9.17, 15) is 0 Å². The highest BCUT2D eigenvalue weighted by molar-refractivity contribution is 9.10. The highest BCUT2D eigenvalue weighted by Gasteiger charge is 2.04.